The van der Waals surface area contributed by atoms with E-state index in [1.165, 1.54) is 0 Å². The van der Waals surface area contributed by atoms with Gasteiger partial charge in [0.2, 0.25) is 0 Å². The molecule has 1 aromatic rings. The monoisotopic (exact) mass is 183 g/mol. The Morgan fingerprint density at radius 2 is 2.62 bits per heavy atom. The fraction of sp³-hybridized carbons (Fsp3) is 0.667. The van der Waals surface area contributed by atoms with E-state index < -0.39 is 5.67 Å². The van der Waals surface area contributed by atoms with E-state index in [1.807, 2.05) is 19.3 Å². The summed E-state index contributed by atoms with van der Waals surface area (Å²) >= 11 is 0. The molecule has 1 atom stereocenters. The van der Waals surface area contributed by atoms with E-state index in [2.05, 4.69) is 10.4 Å². The Labute approximate surface area is 76.9 Å². The van der Waals surface area contributed by atoms with Gasteiger partial charge in [0.1, 0.15) is 5.67 Å². The van der Waals surface area contributed by atoms with E-state index in [9.17, 15) is 4.39 Å². The Bertz CT molecular complexity index is 289. The van der Waals surface area contributed by atoms with Gasteiger partial charge in [0.05, 0.1) is 5.69 Å². The van der Waals surface area contributed by atoms with E-state index in [0.717, 1.165) is 12.2 Å². The van der Waals surface area contributed by atoms with Crippen molar-refractivity contribution in [3.63, 3.8) is 0 Å². The first-order valence-corrected chi connectivity index (χ1v) is 4.56. The highest BCUT2D eigenvalue weighted by molar-refractivity contribution is 5.06. The van der Waals surface area contributed by atoms with Crippen LogP contribution >= 0.6 is 0 Å². The molecule has 1 aliphatic heterocycles. The van der Waals surface area contributed by atoms with Crippen LogP contribution in [0.3, 0.4) is 0 Å². The van der Waals surface area contributed by atoms with Crippen LogP contribution in [0, 0.1) is 0 Å². The zero-order valence-corrected chi connectivity index (χ0v) is 7.76. The molecule has 3 nitrogen and oxygen atoms in total. The zero-order valence-electron chi connectivity index (χ0n) is 7.76. The fourth-order valence-electron chi connectivity index (χ4n) is 1.75. The summed E-state index contributed by atoms with van der Waals surface area (Å²) in [6, 6.07) is 1.87. The Morgan fingerprint density at radius 1 is 1.77 bits per heavy atom. The average Bonchev–Trinajstić information content (AvgIpc) is 2.62. The molecular formula is C9H14FN3. The average molecular weight is 183 g/mol. The Morgan fingerprint density at radius 3 is 3.15 bits per heavy atom. The van der Waals surface area contributed by atoms with Crippen molar-refractivity contribution >= 4 is 0 Å². The molecular weight excluding hydrogens is 169 g/mol. The Balaban J connectivity index is 2.04. The summed E-state index contributed by atoms with van der Waals surface area (Å²) in [5.74, 6) is 0. The molecule has 0 aromatic carbocycles. The molecule has 0 saturated carbocycles. The van der Waals surface area contributed by atoms with Gasteiger partial charge in [0.25, 0.3) is 0 Å². The maximum absolute atomic E-state index is 13.9. The molecule has 1 aromatic heterocycles. The van der Waals surface area contributed by atoms with E-state index in [4.69, 9.17) is 0 Å². The lowest BCUT2D eigenvalue weighted by Crippen LogP contribution is -2.28. The molecule has 72 valence electrons. The van der Waals surface area contributed by atoms with Gasteiger partial charge >= 0.3 is 0 Å². The normalized spacial score (nSPS) is 28.2. The van der Waals surface area contributed by atoms with Crippen molar-refractivity contribution in [3.8, 4) is 0 Å². The van der Waals surface area contributed by atoms with Crippen LogP contribution in [0.2, 0.25) is 0 Å². The third-order valence-corrected chi connectivity index (χ3v) is 2.46. The number of alkyl halides is 1. The first kappa shape index (κ1) is 8.69. The van der Waals surface area contributed by atoms with Gasteiger partial charge in [0.15, 0.2) is 0 Å². The van der Waals surface area contributed by atoms with Gasteiger partial charge < -0.3 is 5.32 Å². The van der Waals surface area contributed by atoms with Crippen LogP contribution in [0.4, 0.5) is 4.39 Å². The lowest BCUT2D eigenvalue weighted by atomic mass is 9.99. The van der Waals surface area contributed by atoms with Crippen molar-refractivity contribution in [2.75, 3.05) is 13.1 Å². The molecule has 2 rings (SSSR count). The number of aromatic nitrogens is 2. The minimum atomic E-state index is -1.08. The largest absolute Gasteiger partial charge is 0.313 e. The van der Waals surface area contributed by atoms with E-state index in [1.54, 1.807) is 4.68 Å². The molecule has 1 fully saturated rings. The van der Waals surface area contributed by atoms with Gasteiger partial charge in [-0.25, -0.2) is 4.39 Å². The van der Waals surface area contributed by atoms with Crippen molar-refractivity contribution in [2.45, 2.75) is 18.5 Å². The van der Waals surface area contributed by atoms with E-state index in [-0.39, 0.29) is 0 Å². The minimum absolute atomic E-state index is 0.431. The maximum Gasteiger partial charge on any atom is 0.130 e. The van der Waals surface area contributed by atoms with Gasteiger partial charge in [-0.2, -0.15) is 5.10 Å². The number of hydrogen-bond donors (Lipinski definition) is 1. The molecule has 2 heterocycles. The fourth-order valence-corrected chi connectivity index (χ4v) is 1.75. The Hall–Kier alpha value is -0.900. The molecule has 0 amide bonds. The van der Waals surface area contributed by atoms with Crippen LogP contribution in [0.1, 0.15) is 12.1 Å². The van der Waals surface area contributed by atoms with E-state index >= 15 is 0 Å². The number of aryl methyl sites for hydroxylation is 1. The standard InChI is InChI=1S/C9H14FN3/c1-13-5-2-8(12-13)6-9(10)3-4-11-7-9/h2,5,11H,3-4,6-7H2,1H3. The highest BCUT2D eigenvalue weighted by Crippen LogP contribution is 2.23. The molecule has 1 N–H and O–H groups in total. The van der Waals surface area contributed by atoms with Crippen molar-refractivity contribution < 1.29 is 4.39 Å². The molecule has 0 spiro atoms. The van der Waals surface area contributed by atoms with Crippen LogP contribution < -0.4 is 5.32 Å². The van der Waals surface area contributed by atoms with Crippen molar-refractivity contribution in [2.24, 2.45) is 7.05 Å². The lowest BCUT2D eigenvalue weighted by molar-refractivity contribution is 0.188. The topological polar surface area (TPSA) is 29.9 Å². The van der Waals surface area contributed by atoms with Gasteiger partial charge in [-0.1, -0.05) is 0 Å². The van der Waals surface area contributed by atoms with Crippen molar-refractivity contribution in [1.29, 1.82) is 0 Å². The quantitative estimate of drug-likeness (QED) is 0.730. The SMILES string of the molecule is Cn1ccc(CC2(F)CCNC2)n1. The predicted octanol–water partition coefficient (Wildman–Crippen LogP) is 0.664. The van der Waals surface area contributed by atoms with Crippen LogP contribution in [-0.4, -0.2) is 28.5 Å². The lowest BCUT2D eigenvalue weighted by Gasteiger charge is -2.15. The summed E-state index contributed by atoms with van der Waals surface area (Å²) in [5, 5.41) is 7.20. The molecule has 0 bridgehead atoms. The van der Waals surface area contributed by atoms with Crippen molar-refractivity contribution in [1.82, 2.24) is 15.1 Å². The van der Waals surface area contributed by atoms with Crippen LogP contribution in [0.25, 0.3) is 0 Å². The van der Waals surface area contributed by atoms with Crippen LogP contribution in [0.15, 0.2) is 12.3 Å². The number of nitrogens with one attached hydrogen (secondary N) is 1. The van der Waals surface area contributed by atoms with Gasteiger partial charge in [0, 0.05) is 26.2 Å². The summed E-state index contributed by atoms with van der Waals surface area (Å²) in [4.78, 5) is 0. The molecule has 4 heteroatoms. The molecule has 0 radical (unpaired) electrons. The minimum Gasteiger partial charge on any atom is -0.313 e. The second-order valence-corrected chi connectivity index (χ2v) is 3.74. The van der Waals surface area contributed by atoms with Gasteiger partial charge in [-0.15, -0.1) is 0 Å². The first-order chi connectivity index (χ1) is 6.18. The second-order valence-electron chi connectivity index (χ2n) is 3.74. The Kier molecular flexibility index (Phi) is 2.07. The van der Waals surface area contributed by atoms with E-state index in [0.29, 0.717) is 19.4 Å². The molecule has 0 aliphatic carbocycles. The number of nitrogens with zero attached hydrogens (tertiary/aromatic N) is 2. The number of hydrogen-bond acceptors (Lipinski definition) is 2. The van der Waals surface area contributed by atoms with Crippen LogP contribution in [-0.2, 0) is 13.5 Å². The summed E-state index contributed by atoms with van der Waals surface area (Å²) in [7, 11) is 1.85. The second kappa shape index (κ2) is 3.10. The highest BCUT2D eigenvalue weighted by Gasteiger charge is 2.34. The first-order valence-electron chi connectivity index (χ1n) is 4.56. The molecule has 1 unspecified atom stereocenters. The molecule has 13 heavy (non-hydrogen) atoms. The summed E-state index contributed by atoms with van der Waals surface area (Å²) in [5.41, 5.74) is -0.234. The van der Waals surface area contributed by atoms with Crippen molar-refractivity contribution in [3.05, 3.63) is 18.0 Å². The predicted molar refractivity (Wildman–Crippen MR) is 48.2 cm³/mol. The summed E-state index contributed by atoms with van der Waals surface area (Å²) in [6.45, 7) is 1.24. The third-order valence-electron chi connectivity index (χ3n) is 2.46. The number of halogens is 1. The third kappa shape index (κ3) is 1.88. The summed E-state index contributed by atoms with van der Waals surface area (Å²) in [6.07, 6.45) is 2.88. The highest BCUT2D eigenvalue weighted by atomic mass is 19.1. The zero-order chi connectivity index (χ0) is 9.31. The van der Waals surface area contributed by atoms with Gasteiger partial charge in [-0.3, -0.25) is 4.68 Å². The molecule has 1 saturated heterocycles. The molecule has 1 aliphatic rings. The summed E-state index contributed by atoms with van der Waals surface area (Å²) < 4.78 is 15.6. The smallest absolute Gasteiger partial charge is 0.130 e. The van der Waals surface area contributed by atoms with Crippen LogP contribution in [0.5, 0.6) is 0 Å². The van der Waals surface area contributed by atoms with Gasteiger partial charge in [-0.05, 0) is 19.0 Å². The number of rotatable bonds is 2. The maximum atomic E-state index is 13.9.